The Morgan fingerprint density at radius 1 is 1.03 bits per heavy atom. The molecule has 0 radical (unpaired) electrons. The molecule has 9 nitrogen and oxygen atoms in total. The molecule has 3 N–H and O–H groups in total. The van der Waals surface area contributed by atoms with E-state index in [9.17, 15) is 18.0 Å². The van der Waals surface area contributed by atoms with Crippen molar-refractivity contribution >= 4 is 39.2 Å². The van der Waals surface area contributed by atoms with Gasteiger partial charge in [-0.1, -0.05) is 61.7 Å². The predicted octanol–water partition coefficient (Wildman–Crippen LogP) is 4.84. The Hall–Kier alpha value is -3.28. The molecule has 1 fully saturated rings. The molecule has 0 saturated heterocycles. The average molecular weight is 572 g/mol. The van der Waals surface area contributed by atoms with Gasteiger partial charge in [-0.25, -0.2) is 4.98 Å². The van der Waals surface area contributed by atoms with Crippen molar-refractivity contribution in [2.24, 2.45) is 5.92 Å². The number of rotatable bonds is 11. The number of anilines is 1. The summed E-state index contributed by atoms with van der Waals surface area (Å²) in [5.41, 5.74) is 2.91. The number of hydrogen-bond acceptors (Lipinski definition) is 7. The highest BCUT2D eigenvalue weighted by Gasteiger charge is 2.31. The standard InChI is InChI=1S/C28H33N3O6S2/c1-37-28(33)23(16-19-8-4-2-5-9-19)26(32)29-24(17-20-12-14-22(15-13-20)31-39(34,35)36)27-30-25(18-38-27)21-10-6-3-7-11-21/h2,4-5,8-9,12-15,18,21,23-24,31H,3,6-7,10-11,16-17H2,1H3,(H,29,32)(H,34,35,36). The van der Waals surface area contributed by atoms with Gasteiger partial charge in [-0.2, -0.15) is 8.42 Å². The third-order valence-electron chi connectivity index (χ3n) is 6.90. The van der Waals surface area contributed by atoms with Crippen LogP contribution in [-0.2, 0) is 37.5 Å². The molecule has 0 aliphatic heterocycles. The quantitative estimate of drug-likeness (QED) is 0.170. The summed E-state index contributed by atoms with van der Waals surface area (Å²) in [6.45, 7) is 0. The van der Waals surface area contributed by atoms with Gasteiger partial charge in [0.25, 0.3) is 0 Å². The Labute approximate surface area is 232 Å². The molecule has 2 unspecified atom stereocenters. The smallest absolute Gasteiger partial charge is 0.357 e. The van der Waals surface area contributed by atoms with Crippen LogP contribution in [0.2, 0.25) is 0 Å². The van der Waals surface area contributed by atoms with Crippen LogP contribution in [0, 0.1) is 5.92 Å². The van der Waals surface area contributed by atoms with Gasteiger partial charge in [-0.15, -0.1) is 11.3 Å². The molecule has 1 aliphatic rings. The van der Waals surface area contributed by atoms with Gasteiger partial charge < -0.3 is 10.1 Å². The van der Waals surface area contributed by atoms with Gasteiger partial charge >= 0.3 is 16.3 Å². The van der Waals surface area contributed by atoms with Gasteiger partial charge in [0.1, 0.15) is 10.9 Å². The minimum Gasteiger partial charge on any atom is -0.468 e. The maximum Gasteiger partial charge on any atom is 0.357 e. The Morgan fingerprint density at radius 2 is 1.69 bits per heavy atom. The number of carbonyl (C=O) groups is 2. The van der Waals surface area contributed by atoms with Crippen molar-refractivity contribution in [3.05, 3.63) is 81.8 Å². The van der Waals surface area contributed by atoms with E-state index in [1.807, 2.05) is 35.1 Å². The summed E-state index contributed by atoms with van der Waals surface area (Å²) in [4.78, 5) is 31.0. The van der Waals surface area contributed by atoms with Gasteiger partial charge in [0, 0.05) is 11.3 Å². The number of hydrogen-bond donors (Lipinski definition) is 3. The fourth-order valence-corrected chi connectivity index (χ4v) is 6.27. The highest BCUT2D eigenvalue weighted by molar-refractivity contribution is 7.87. The second-order valence-corrected chi connectivity index (χ2v) is 11.8. The number of esters is 1. The fourth-order valence-electron chi connectivity index (χ4n) is 4.89. The van der Waals surface area contributed by atoms with Crippen molar-refractivity contribution in [2.75, 3.05) is 11.8 Å². The summed E-state index contributed by atoms with van der Waals surface area (Å²) >= 11 is 1.49. The summed E-state index contributed by atoms with van der Waals surface area (Å²) in [5.74, 6) is -1.68. The largest absolute Gasteiger partial charge is 0.468 e. The maximum absolute atomic E-state index is 13.5. The van der Waals surface area contributed by atoms with Crippen LogP contribution >= 0.6 is 11.3 Å². The minimum absolute atomic E-state index is 0.202. The highest BCUT2D eigenvalue weighted by Crippen LogP contribution is 2.35. The van der Waals surface area contributed by atoms with Crippen molar-refractivity contribution in [3.63, 3.8) is 0 Å². The van der Waals surface area contributed by atoms with Gasteiger partial charge in [0.15, 0.2) is 0 Å². The van der Waals surface area contributed by atoms with Crippen LogP contribution in [0.4, 0.5) is 5.69 Å². The van der Waals surface area contributed by atoms with Crippen molar-refractivity contribution in [2.45, 2.75) is 56.9 Å². The average Bonchev–Trinajstić information content (AvgIpc) is 3.43. The summed E-state index contributed by atoms with van der Waals surface area (Å²) in [7, 11) is -3.12. The van der Waals surface area contributed by atoms with E-state index in [0.29, 0.717) is 12.3 Å². The SMILES string of the molecule is COC(=O)C(Cc1ccccc1)C(=O)NC(Cc1ccc(NS(=O)(=O)O)cc1)c1nc(C2CCCCC2)cs1. The number of carbonyl (C=O) groups excluding carboxylic acids is 2. The van der Waals surface area contributed by atoms with Crippen molar-refractivity contribution < 1.29 is 27.3 Å². The highest BCUT2D eigenvalue weighted by atomic mass is 32.2. The number of aromatic nitrogens is 1. The van der Waals surface area contributed by atoms with Crippen LogP contribution in [0.3, 0.4) is 0 Å². The third-order valence-corrected chi connectivity index (χ3v) is 8.37. The number of methoxy groups -OCH3 is 1. The Kier molecular flexibility index (Phi) is 9.71. The summed E-state index contributed by atoms with van der Waals surface area (Å²) in [6.07, 6.45) is 6.38. The lowest BCUT2D eigenvalue weighted by atomic mass is 9.87. The van der Waals surface area contributed by atoms with E-state index < -0.39 is 34.1 Å². The number of nitrogens with one attached hydrogen (secondary N) is 2. The number of amides is 1. The lowest BCUT2D eigenvalue weighted by Gasteiger charge is -2.22. The van der Waals surface area contributed by atoms with Gasteiger partial charge in [-0.3, -0.25) is 18.9 Å². The molecule has 1 amide bonds. The molecule has 1 aliphatic carbocycles. The van der Waals surface area contributed by atoms with Crippen LogP contribution in [0.5, 0.6) is 0 Å². The molecular formula is C28H33N3O6S2. The first-order valence-electron chi connectivity index (χ1n) is 12.9. The van der Waals surface area contributed by atoms with Crippen LogP contribution in [0.25, 0.3) is 0 Å². The Morgan fingerprint density at radius 3 is 2.33 bits per heavy atom. The van der Waals surface area contributed by atoms with E-state index in [0.717, 1.165) is 34.7 Å². The molecule has 39 heavy (non-hydrogen) atoms. The molecule has 4 rings (SSSR count). The molecule has 2 atom stereocenters. The first kappa shape index (κ1) is 28.7. The molecule has 11 heteroatoms. The number of thiazole rings is 1. The lowest BCUT2D eigenvalue weighted by Crippen LogP contribution is -2.40. The second-order valence-electron chi connectivity index (χ2n) is 9.75. The van der Waals surface area contributed by atoms with Crippen LogP contribution < -0.4 is 10.0 Å². The van der Waals surface area contributed by atoms with Gasteiger partial charge in [0.05, 0.1) is 24.5 Å². The normalized spacial score (nSPS) is 15.7. The number of nitrogens with zero attached hydrogens (tertiary/aromatic N) is 1. The maximum atomic E-state index is 13.5. The Balaban J connectivity index is 1.57. The third kappa shape index (κ3) is 8.35. The first-order chi connectivity index (χ1) is 18.7. The van der Waals surface area contributed by atoms with Gasteiger partial charge in [-0.05, 0) is 48.9 Å². The first-order valence-corrected chi connectivity index (χ1v) is 15.3. The van der Waals surface area contributed by atoms with E-state index >= 15 is 0 Å². The molecular weight excluding hydrogens is 538 g/mol. The van der Waals surface area contributed by atoms with Crippen molar-refractivity contribution in [1.29, 1.82) is 0 Å². The Bertz CT molecular complexity index is 1350. The van der Waals surface area contributed by atoms with E-state index in [2.05, 4.69) is 10.7 Å². The summed E-state index contributed by atoms with van der Waals surface area (Å²) < 4.78 is 38.3. The van der Waals surface area contributed by atoms with Crippen molar-refractivity contribution in [1.82, 2.24) is 10.3 Å². The summed E-state index contributed by atoms with van der Waals surface area (Å²) in [6, 6.07) is 15.3. The van der Waals surface area contributed by atoms with E-state index in [1.54, 1.807) is 12.1 Å². The fraction of sp³-hybridized carbons (Fsp3) is 0.393. The van der Waals surface area contributed by atoms with E-state index in [-0.39, 0.29) is 12.1 Å². The molecule has 208 valence electrons. The number of ether oxygens (including phenoxy) is 1. The van der Waals surface area contributed by atoms with Crippen molar-refractivity contribution in [3.8, 4) is 0 Å². The molecule has 1 saturated carbocycles. The summed E-state index contributed by atoms with van der Waals surface area (Å²) in [5, 5.41) is 5.85. The van der Waals surface area contributed by atoms with Crippen LogP contribution in [-0.4, -0.2) is 36.9 Å². The minimum atomic E-state index is -4.39. The predicted molar refractivity (Wildman–Crippen MR) is 150 cm³/mol. The van der Waals surface area contributed by atoms with E-state index in [4.69, 9.17) is 14.3 Å². The second kappa shape index (κ2) is 13.2. The van der Waals surface area contributed by atoms with Crippen LogP contribution in [0.15, 0.2) is 60.0 Å². The molecule has 0 bridgehead atoms. The number of benzene rings is 2. The lowest BCUT2D eigenvalue weighted by molar-refractivity contribution is -0.150. The van der Waals surface area contributed by atoms with Crippen LogP contribution in [0.1, 0.15) is 65.9 Å². The van der Waals surface area contributed by atoms with Gasteiger partial charge in [0.2, 0.25) is 5.91 Å². The molecule has 0 spiro atoms. The zero-order valence-corrected chi connectivity index (χ0v) is 23.3. The molecule has 1 aromatic heterocycles. The zero-order chi connectivity index (χ0) is 27.8. The van der Waals surface area contributed by atoms with E-state index in [1.165, 1.54) is 49.8 Å². The zero-order valence-electron chi connectivity index (χ0n) is 21.7. The topological polar surface area (TPSA) is 135 Å². The molecule has 2 aromatic carbocycles. The molecule has 1 heterocycles. The molecule has 3 aromatic rings. The monoisotopic (exact) mass is 571 g/mol.